The predicted octanol–water partition coefficient (Wildman–Crippen LogP) is 3.03. The lowest BCUT2D eigenvalue weighted by Crippen LogP contribution is -2.54. The summed E-state index contributed by atoms with van der Waals surface area (Å²) in [7, 11) is 1.74. The summed E-state index contributed by atoms with van der Waals surface area (Å²) in [6.45, 7) is 0. The van der Waals surface area contributed by atoms with Gasteiger partial charge in [0.15, 0.2) is 0 Å². The van der Waals surface area contributed by atoms with E-state index in [0.717, 1.165) is 29.2 Å². The van der Waals surface area contributed by atoms with Gasteiger partial charge in [0.1, 0.15) is 5.54 Å². The van der Waals surface area contributed by atoms with E-state index in [9.17, 15) is 9.90 Å². The van der Waals surface area contributed by atoms with E-state index >= 15 is 0 Å². The number of carboxylic acids is 1. The van der Waals surface area contributed by atoms with Crippen molar-refractivity contribution >= 4 is 29.3 Å². The highest BCUT2D eigenvalue weighted by Crippen LogP contribution is 2.42. The first kappa shape index (κ1) is 14.7. The van der Waals surface area contributed by atoms with E-state index in [4.69, 9.17) is 11.6 Å². The third-order valence-corrected chi connectivity index (χ3v) is 5.19. The molecular weight excluding hydrogens is 282 g/mol. The van der Waals surface area contributed by atoms with Gasteiger partial charge in [-0.1, -0.05) is 29.8 Å². The molecule has 0 spiro atoms. The molecule has 2 rings (SSSR count). The topological polar surface area (TPSA) is 49.3 Å². The first-order valence-corrected chi connectivity index (χ1v) is 7.87. The van der Waals surface area contributed by atoms with Crippen LogP contribution in [-0.4, -0.2) is 29.4 Å². The molecule has 0 saturated heterocycles. The molecule has 104 valence electrons. The second kappa shape index (κ2) is 6.16. The van der Waals surface area contributed by atoms with E-state index in [-0.39, 0.29) is 5.92 Å². The van der Waals surface area contributed by atoms with Gasteiger partial charge in [0.25, 0.3) is 0 Å². The second-order valence-corrected chi connectivity index (χ2v) is 6.28. The van der Waals surface area contributed by atoms with Crippen molar-refractivity contribution < 1.29 is 9.90 Å². The molecule has 19 heavy (non-hydrogen) atoms. The van der Waals surface area contributed by atoms with Crippen LogP contribution in [0.25, 0.3) is 0 Å². The van der Waals surface area contributed by atoms with Crippen molar-refractivity contribution in [3.05, 3.63) is 34.9 Å². The van der Waals surface area contributed by atoms with Crippen molar-refractivity contribution in [1.29, 1.82) is 0 Å². The minimum atomic E-state index is -0.786. The van der Waals surface area contributed by atoms with Gasteiger partial charge in [-0.3, -0.25) is 4.79 Å². The monoisotopic (exact) mass is 299 g/mol. The SMILES string of the molecule is CNC(CSCc1ccccc1Cl)(C(=O)O)C1CC1. The van der Waals surface area contributed by atoms with Crippen LogP contribution in [0.2, 0.25) is 5.02 Å². The molecule has 1 aliphatic rings. The predicted molar refractivity (Wildman–Crippen MR) is 79.8 cm³/mol. The number of hydrogen-bond donors (Lipinski definition) is 2. The average molecular weight is 300 g/mol. The van der Waals surface area contributed by atoms with E-state index < -0.39 is 11.5 Å². The molecule has 0 radical (unpaired) electrons. The average Bonchev–Trinajstić information content (AvgIpc) is 3.21. The zero-order valence-corrected chi connectivity index (χ0v) is 12.4. The van der Waals surface area contributed by atoms with E-state index in [0.29, 0.717) is 5.75 Å². The van der Waals surface area contributed by atoms with Crippen LogP contribution in [0.3, 0.4) is 0 Å². The smallest absolute Gasteiger partial charge is 0.325 e. The quantitative estimate of drug-likeness (QED) is 0.812. The van der Waals surface area contributed by atoms with Crippen LogP contribution in [0, 0.1) is 5.92 Å². The van der Waals surface area contributed by atoms with Crippen LogP contribution in [-0.2, 0) is 10.5 Å². The summed E-state index contributed by atoms with van der Waals surface area (Å²) < 4.78 is 0. The Morgan fingerprint density at radius 1 is 1.53 bits per heavy atom. The third-order valence-electron chi connectivity index (χ3n) is 3.65. The summed E-state index contributed by atoms with van der Waals surface area (Å²) in [5.74, 6) is 0.815. The number of thioether (sulfide) groups is 1. The Labute approximate surface area is 122 Å². The summed E-state index contributed by atoms with van der Waals surface area (Å²) in [6, 6.07) is 7.69. The highest BCUT2D eigenvalue weighted by molar-refractivity contribution is 7.98. The van der Waals surface area contributed by atoms with Gasteiger partial charge in [-0.05, 0) is 37.4 Å². The minimum Gasteiger partial charge on any atom is -0.480 e. The molecule has 1 aromatic rings. The molecule has 1 aliphatic carbocycles. The Hall–Kier alpha value is -0.710. The Morgan fingerprint density at radius 3 is 2.74 bits per heavy atom. The van der Waals surface area contributed by atoms with Gasteiger partial charge in [0.2, 0.25) is 0 Å². The molecule has 2 N–H and O–H groups in total. The van der Waals surface area contributed by atoms with Gasteiger partial charge in [0.05, 0.1) is 0 Å². The molecule has 1 unspecified atom stereocenters. The minimum absolute atomic E-state index is 0.258. The lowest BCUT2D eigenvalue weighted by Gasteiger charge is -2.28. The van der Waals surface area contributed by atoms with Crippen LogP contribution >= 0.6 is 23.4 Å². The Morgan fingerprint density at radius 2 is 2.21 bits per heavy atom. The molecule has 1 atom stereocenters. The summed E-state index contributed by atoms with van der Waals surface area (Å²) in [6.07, 6.45) is 2.00. The standard InChI is InChI=1S/C14H18ClNO2S/c1-16-14(13(17)18,11-6-7-11)9-19-8-10-4-2-3-5-12(10)15/h2-5,11,16H,6-9H2,1H3,(H,17,18). The van der Waals surface area contributed by atoms with E-state index in [1.165, 1.54) is 0 Å². The van der Waals surface area contributed by atoms with E-state index in [2.05, 4.69) is 5.32 Å². The van der Waals surface area contributed by atoms with Gasteiger partial charge < -0.3 is 10.4 Å². The zero-order chi connectivity index (χ0) is 13.9. The summed E-state index contributed by atoms with van der Waals surface area (Å²) >= 11 is 7.72. The van der Waals surface area contributed by atoms with Crippen molar-refractivity contribution in [3.63, 3.8) is 0 Å². The van der Waals surface area contributed by atoms with Gasteiger partial charge in [-0.2, -0.15) is 11.8 Å². The first-order valence-electron chi connectivity index (χ1n) is 6.33. The van der Waals surface area contributed by atoms with Crippen molar-refractivity contribution in [2.45, 2.75) is 24.1 Å². The number of halogens is 1. The van der Waals surface area contributed by atoms with Crippen LogP contribution < -0.4 is 5.32 Å². The van der Waals surface area contributed by atoms with Crippen LogP contribution in [0.1, 0.15) is 18.4 Å². The van der Waals surface area contributed by atoms with E-state index in [1.54, 1.807) is 18.8 Å². The van der Waals surface area contributed by atoms with Crippen molar-refractivity contribution in [3.8, 4) is 0 Å². The number of hydrogen-bond acceptors (Lipinski definition) is 3. The molecule has 0 bridgehead atoms. The summed E-state index contributed by atoms with van der Waals surface area (Å²) in [5, 5.41) is 13.3. The van der Waals surface area contributed by atoms with Crippen LogP contribution in [0.4, 0.5) is 0 Å². The zero-order valence-electron chi connectivity index (χ0n) is 10.9. The van der Waals surface area contributed by atoms with E-state index in [1.807, 2.05) is 24.3 Å². The number of carbonyl (C=O) groups is 1. The molecule has 0 amide bonds. The third kappa shape index (κ3) is 3.25. The molecule has 1 fully saturated rings. The fourth-order valence-electron chi connectivity index (χ4n) is 2.25. The van der Waals surface area contributed by atoms with Gasteiger partial charge in [-0.15, -0.1) is 0 Å². The summed E-state index contributed by atoms with van der Waals surface area (Å²) in [4.78, 5) is 11.5. The Kier molecular flexibility index (Phi) is 4.76. The summed E-state index contributed by atoms with van der Waals surface area (Å²) in [5.41, 5.74) is 0.270. The number of carboxylic acid groups (broad SMARTS) is 1. The van der Waals surface area contributed by atoms with Crippen molar-refractivity contribution in [1.82, 2.24) is 5.32 Å². The number of likely N-dealkylation sites (N-methyl/N-ethyl adjacent to an activating group) is 1. The molecule has 1 saturated carbocycles. The number of aliphatic carboxylic acids is 1. The van der Waals surface area contributed by atoms with Gasteiger partial charge in [-0.25, -0.2) is 0 Å². The number of nitrogens with one attached hydrogen (secondary N) is 1. The molecular formula is C14H18ClNO2S. The lowest BCUT2D eigenvalue weighted by molar-refractivity contribution is -0.144. The Balaban J connectivity index is 1.97. The Bertz CT molecular complexity index is 465. The second-order valence-electron chi connectivity index (χ2n) is 4.88. The van der Waals surface area contributed by atoms with Crippen LogP contribution in [0.5, 0.6) is 0 Å². The maximum Gasteiger partial charge on any atom is 0.325 e. The van der Waals surface area contributed by atoms with Gasteiger partial charge >= 0.3 is 5.97 Å². The van der Waals surface area contributed by atoms with Crippen molar-refractivity contribution in [2.75, 3.05) is 12.8 Å². The highest BCUT2D eigenvalue weighted by atomic mass is 35.5. The first-order chi connectivity index (χ1) is 9.10. The van der Waals surface area contributed by atoms with Crippen molar-refractivity contribution in [2.24, 2.45) is 5.92 Å². The molecule has 0 heterocycles. The van der Waals surface area contributed by atoms with Crippen LogP contribution in [0.15, 0.2) is 24.3 Å². The number of benzene rings is 1. The normalized spacial score (nSPS) is 18.0. The molecule has 1 aromatic carbocycles. The number of rotatable bonds is 7. The maximum absolute atomic E-state index is 11.5. The highest BCUT2D eigenvalue weighted by Gasteiger charge is 2.50. The molecule has 0 aromatic heterocycles. The largest absolute Gasteiger partial charge is 0.480 e. The lowest BCUT2D eigenvalue weighted by atomic mass is 9.96. The fraction of sp³-hybridized carbons (Fsp3) is 0.500. The van der Waals surface area contributed by atoms with Gasteiger partial charge in [0, 0.05) is 16.5 Å². The molecule has 5 heteroatoms. The fourth-order valence-corrected chi connectivity index (χ4v) is 3.93. The maximum atomic E-state index is 11.5. The molecule has 3 nitrogen and oxygen atoms in total. The molecule has 0 aliphatic heterocycles.